The zero-order valence-electron chi connectivity index (χ0n) is 15.0. The lowest BCUT2D eigenvalue weighted by Crippen LogP contribution is -2.31. The second kappa shape index (κ2) is 8.10. The SMILES string of the molecule is CC[C@H](C)NC(=O)c1ccc(-c2cc(N3CCCCC3)ncn2)cc1. The molecule has 0 bridgehead atoms. The van der Waals surface area contributed by atoms with E-state index in [-0.39, 0.29) is 11.9 Å². The molecule has 1 N–H and O–H groups in total. The molecule has 25 heavy (non-hydrogen) atoms. The van der Waals surface area contributed by atoms with E-state index >= 15 is 0 Å². The van der Waals surface area contributed by atoms with Crippen LogP contribution < -0.4 is 10.2 Å². The fourth-order valence-corrected chi connectivity index (χ4v) is 3.00. The number of rotatable bonds is 5. The summed E-state index contributed by atoms with van der Waals surface area (Å²) < 4.78 is 0. The second-order valence-electron chi connectivity index (χ2n) is 6.67. The highest BCUT2D eigenvalue weighted by Gasteiger charge is 2.14. The number of anilines is 1. The van der Waals surface area contributed by atoms with Gasteiger partial charge < -0.3 is 10.2 Å². The van der Waals surface area contributed by atoms with Crippen molar-refractivity contribution in [3.05, 3.63) is 42.2 Å². The number of carbonyl (C=O) groups is 1. The van der Waals surface area contributed by atoms with Crippen LogP contribution in [0.4, 0.5) is 5.82 Å². The molecule has 0 radical (unpaired) electrons. The molecular formula is C20H26N4O. The molecule has 132 valence electrons. The van der Waals surface area contributed by atoms with Gasteiger partial charge in [-0.05, 0) is 44.7 Å². The Morgan fingerprint density at radius 3 is 2.56 bits per heavy atom. The lowest BCUT2D eigenvalue weighted by molar-refractivity contribution is 0.0939. The predicted octanol–water partition coefficient (Wildman–Crippen LogP) is 3.66. The standard InChI is InChI=1S/C20H26N4O/c1-3-15(2)23-20(25)17-9-7-16(8-10-17)18-13-19(22-14-21-18)24-11-5-4-6-12-24/h7-10,13-15H,3-6,11-12H2,1-2H3,(H,23,25)/t15-/m0/s1. The van der Waals surface area contributed by atoms with Crippen LogP contribution in [-0.4, -0.2) is 35.0 Å². The Balaban J connectivity index is 1.75. The van der Waals surface area contributed by atoms with Crippen LogP contribution in [-0.2, 0) is 0 Å². The van der Waals surface area contributed by atoms with Crippen LogP contribution in [0.1, 0.15) is 49.9 Å². The topological polar surface area (TPSA) is 58.1 Å². The minimum absolute atomic E-state index is 0.0300. The molecule has 1 fully saturated rings. The summed E-state index contributed by atoms with van der Waals surface area (Å²) in [5, 5.41) is 2.99. The fourth-order valence-electron chi connectivity index (χ4n) is 3.00. The third-order valence-corrected chi connectivity index (χ3v) is 4.77. The maximum Gasteiger partial charge on any atom is 0.251 e. The number of hydrogen-bond donors (Lipinski definition) is 1. The first kappa shape index (κ1) is 17.4. The van der Waals surface area contributed by atoms with Crippen molar-refractivity contribution in [2.75, 3.05) is 18.0 Å². The molecule has 0 saturated carbocycles. The van der Waals surface area contributed by atoms with Crippen LogP contribution in [0.5, 0.6) is 0 Å². The van der Waals surface area contributed by atoms with E-state index in [9.17, 15) is 4.79 Å². The first-order valence-corrected chi connectivity index (χ1v) is 9.15. The maximum atomic E-state index is 12.2. The quantitative estimate of drug-likeness (QED) is 0.904. The van der Waals surface area contributed by atoms with Crippen LogP contribution in [0.25, 0.3) is 11.3 Å². The highest BCUT2D eigenvalue weighted by atomic mass is 16.1. The van der Waals surface area contributed by atoms with Crippen molar-refractivity contribution in [3.63, 3.8) is 0 Å². The maximum absolute atomic E-state index is 12.2. The van der Waals surface area contributed by atoms with Gasteiger partial charge in [0, 0.05) is 36.3 Å². The Labute approximate surface area is 149 Å². The van der Waals surface area contributed by atoms with Crippen molar-refractivity contribution in [1.29, 1.82) is 0 Å². The number of amides is 1. The van der Waals surface area contributed by atoms with Gasteiger partial charge in [-0.25, -0.2) is 9.97 Å². The molecule has 1 aliphatic heterocycles. The highest BCUT2D eigenvalue weighted by Crippen LogP contribution is 2.23. The minimum atomic E-state index is -0.0300. The molecule has 1 aromatic heterocycles. The summed E-state index contributed by atoms with van der Waals surface area (Å²) >= 11 is 0. The Hall–Kier alpha value is -2.43. The van der Waals surface area contributed by atoms with Gasteiger partial charge in [0.25, 0.3) is 5.91 Å². The zero-order valence-corrected chi connectivity index (χ0v) is 15.0. The summed E-state index contributed by atoms with van der Waals surface area (Å²) in [6.45, 7) is 6.19. The normalized spacial score (nSPS) is 15.7. The molecule has 1 amide bonds. The molecule has 0 aliphatic carbocycles. The van der Waals surface area contributed by atoms with E-state index in [1.54, 1.807) is 6.33 Å². The number of piperidine rings is 1. The fraction of sp³-hybridized carbons (Fsp3) is 0.450. The molecule has 3 rings (SSSR count). The average Bonchev–Trinajstić information content (AvgIpc) is 2.68. The molecule has 0 unspecified atom stereocenters. The van der Waals surface area contributed by atoms with Gasteiger partial charge in [0.1, 0.15) is 12.1 Å². The smallest absolute Gasteiger partial charge is 0.251 e. The monoisotopic (exact) mass is 338 g/mol. The van der Waals surface area contributed by atoms with Gasteiger partial charge in [-0.1, -0.05) is 19.1 Å². The minimum Gasteiger partial charge on any atom is -0.357 e. The summed E-state index contributed by atoms with van der Waals surface area (Å²) in [6, 6.07) is 9.84. The zero-order chi connectivity index (χ0) is 17.6. The Morgan fingerprint density at radius 2 is 1.88 bits per heavy atom. The lowest BCUT2D eigenvalue weighted by atomic mass is 10.1. The average molecular weight is 338 g/mol. The van der Waals surface area contributed by atoms with Crippen molar-refractivity contribution < 1.29 is 4.79 Å². The number of aromatic nitrogens is 2. The first-order valence-electron chi connectivity index (χ1n) is 9.15. The lowest BCUT2D eigenvalue weighted by Gasteiger charge is -2.27. The van der Waals surface area contributed by atoms with Crippen LogP contribution in [0.3, 0.4) is 0 Å². The summed E-state index contributed by atoms with van der Waals surface area (Å²) in [6.07, 6.45) is 6.29. The van der Waals surface area contributed by atoms with Crippen LogP contribution in [0.2, 0.25) is 0 Å². The molecule has 5 nitrogen and oxygen atoms in total. The molecule has 0 spiro atoms. The van der Waals surface area contributed by atoms with Gasteiger partial charge in [0.05, 0.1) is 5.69 Å². The van der Waals surface area contributed by atoms with Crippen molar-refractivity contribution in [1.82, 2.24) is 15.3 Å². The molecule has 1 aromatic carbocycles. The predicted molar refractivity (Wildman–Crippen MR) is 101 cm³/mol. The first-order chi connectivity index (χ1) is 12.2. The number of nitrogens with zero attached hydrogens (tertiary/aromatic N) is 3. The van der Waals surface area contributed by atoms with Crippen LogP contribution >= 0.6 is 0 Å². The van der Waals surface area contributed by atoms with E-state index in [2.05, 4.69) is 27.1 Å². The van der Waals surface area contributed by atoms with Crippen molar-refractivity contribution >= 4 is 11.7 Å². The van der Waals surface area contributed by atoms with E-state index in [1.807, 2.05) is 37.3 Å². The summed E-state index contributed by atoms with van der Waals surface area (Å²) in [5.41, 5.74) is 2.57. The van der Waals surface area contributed by atoms with Crippen molar-refractivity contribution in [2.24, 2.45) is 0 Å². The van der Waals surface area contributed by atoms with Crippen LogP contribution in [0.15, 0.2) is 36.7 Å². The number of nitrogens with one attached hydrogen (secondary N) is 1. The second-order valence-corrected chi connectivity index (χ2v) is 6.67. The Morgan fingerprint density at radius 1 is 1.16 bits per heavy atom. The molecule has 1 saturated heterocycles. The van der Waals surface area contributed by atoms with Crippen molar-refractivity contribution in [2.45, 2.75) is 45.6 Å². The van der Waals surface area contributed by atoms with E-state index in [1.165, 1.54) is 19.3 Å². The highest BCUT2D eigenvalue weighted by molar-refractivity contribution is 5.94. The van der Waals surface area contributed by atoms with Gasteiger partial charge in [-0.3, -0.25) is 4.79 Å². The summed E-state index contributed by atoms with van der Waals surface area (Å²) in [5.74, 6) is 0.959. The van der Waals surface area contributed by atoms with Gasteiger partial charge in [0.15, 0.2) is 0 Å². The van der Waals surface area contributed by atoms with Gasteiger partial charge >= 0.3 is 0 Å². The van der Waals surface area contributed by atoms with E-state index < -0.39 is 0 Å². The third-order valence-electron chi connectivity index (χ3n) is 4.77. The molecule has 5 heteroatoms. The Kier molecular flexibility index (Phi) is 5.64. The van der Waals surface area contributed by atoms with E-state index in [0.717, 1.165) is 36.6 Å². The largest absolute Gasteiger partial charge is 0.357 e. The summed E-state index contributed by atoms with van der Waals surface area (Å²) in [7, 11) is 0. The number of carbonyl (C=O) groups excluding carboxylic acids is 1. The van der Waals surface area contributed by atoms with E-state index in [0.29, 0.717) is 5.56 Å². The van der Waals surface area contributed by atoms with Gasteiger partial charge in [-0.15, -0.1) is 0 Å². The van der Waals surface area contributed by atoms with Gasteiger partial charge in [0.2, 0.25) is 0 Å². The molecule has 2 heterocycles. The number of hydrogen-bond acceptors (Lipinski definition) is 4. The van der Waals surface area contributed by atoms with Crippen LogP contribution in [0, 0.1) is 0 Å². The summed E-state index contributed by atoms with van der Waals surface area (Å²) in [4.78, 5) is 23.3. The van der Waals surface area contributed by atoms with Gasteiger partial charge in [-0.2, -0.15) is 0 Å². The molecule has 1 aliphatic rings. The van der Waals surface area contributed by atoms with E-state index in [4.69, 9.17) is 0 Å². The number of benzene rings is 1. The molecule has 1 atom stereocenters. The Bertz CT molecular complexity index is 708. The van der Waals surface area contributed by atoms with Crippen molar-refractivity contribution in [3.8, 4) is 11.3 Å². The molecule has 2 aromatic rings. The molecular weight excluding hydrogens is 312 g/mol. The third kappa shape index (κ3) is 4.35.